The molecule has 0 atom stereocenters. The van der Waals surface area contributed by atoms with Crippen molar-refractivity contribution in [2.24, 2.45) is 5.10 Å². The van der Waals surface area contributed by atoms with Crippen molar-refractivity contribution >= 4 is 58.0 Å². The van der Waals surface area contributed by atoms with Crippen molar-refractivity contribution in [2.75, 3.05) is 12.5 Å². The van der Waals surface area contributed by atoms with Gasteiger partial charge in [0.1, 0.15) is 5.75 Å². The first-order chi connectivity index (χ1) is 14.0. The number of aromatic nitrogens is 2. The number of thioether (sulfide) groups is 1. The number of benzene rings is 2. The minimum absolute atomic E-state index is 0.397. The maximum absolute atomic E-state index is 6.20. The highest BCUT2D eigenvalue weighted by molar-refractivity contribution is 7.98. The quantitative estimate of drug-likeness (QED) is 0.184. The van der Waals surface area contributed by atoms with Gasteiger partial charge in [0.2, 0.25) is 0 Å². The Morgan fingerprint density at radius 2 is 1.79 bits per heavy atom. The summed E-state index contributed by atoms with van der Waals surface area (Å²) < 4.78 is 5.48. The highest BCUT2D eigenvalue weighted by Crippen LogP contribution is 2.34. The van der Waals surface area contributed by atoms with Gasteiger partial charge < -0.3 is 4.74 Å². The normalized spacial score (nSPS) is 11.4. The standard InChI is InChI=1S/C20H17Cl3N4OS/c1-12(26-27-19-16(22)9-15(21)10-17(19)23)13-4-5-18(28-2)14(8-13)11-29-20-24-6-3-7-25-20/h3-10,27H,11H2,1-2H3. The van der Waals surface area contributed by atoms with Gasteiger partial charge in [-0.05, 0) is 48.9 Å². The Kier molecular flexibility index (Phi) is 7.61. The van der Waals surface area contributed by atoms with Gasteiger partial charge in [-0.1, -0.05) is 46.6 Å². The Morgan fingerprint density at radius 1 is 1.10 bits per heavy atom. The average molecular weight is 468 g/mol. The van der Waals surface area contributed by atoms with Gasteiger partial charge in [-0.25, -0.2) is 9.97 Å². The van der Waals surface area contributed by atoms with Crippen LogP contribution in [0.15, 0.2) is 59.0 Å². The second kappa shape index (κ2) is 10.2. The first-order valence-electron chi connectivity index (χ1n) is 8.50. The van der Waals surface area contributed by atoms with Crippen LogP contribution in [0.1, 0.15) is 18.1 Å². The van der Waals surface area contributed by atoms with Gasteiger partial charge in [-0.2, -0.15) is 5.10 Å². The van der Waals surface area contributed by atoms with Gasteiger partial charge in [0, 0.05) is 28.7 Å². The number of rotatable bonds is 7. The largest absolute Gasteiger partial charge is 0.496 e. The number of hydrogen-bond acceptors (Lipinski definition) is 6. The van der Waals surface area contributed by atoms with E-state index in [4.69, 9.17) is 39.5 Å². The molecule has 1 N–H and O–H groups in total. The minimum Gasteiger partial charge on any atom is -0.496 e. The van der Waals surface area contributed by atoms with Crippen LogP contribution in [-0.4, -0.2) is 22.8 Å². The van der Waals surface area contributed by atoms with Crippen molar-refractivity contribution in [1.82, 2.24) is 9.97 Å². The summed E-state index contributed by atoms with van der Waals surface area (Å²) in [4.78, 5) is 8.47. The molecule has 2 aromatic carbocycles. The van der Waals surface area contributed by atoms with Crippen molar-refractivity contribution in [3.63, 3.8) is 0 Å². The predicted octanol–water partition coefficient (Wildman–Crippen LogP) is 6.57. The number of hydrazone groups is 1. The molecule has 0 fully saturated rings. The summed E-state index contributed by atoms with van der Waals surface area (Å²) in [6.45, 7) is 1.89. The SMILES string of the molecule is COc1ccc(C(C)=NNc2c(Cl)cc(Cl)cc2Cl)cc1CSc1ncccn1. The van der Waals surface area contributed by atoms with Crippen LogP contribution in [0, 0.1) is 0 Å². The van der Waals surface area contributed by atoms with Crippen molar-refractivity contribution in [3.8, 4) is 5.75 Å². The molecule has 0 saturated carbocycles. The summed E-state index contributed by atoms with van der Waals surface area (Å²) in [5, 5.41) is 6.38. The van der Waals surface area contributed by atoms with Gasteiger partial charge in [-0.3, -0.25) is 5.43 Å². The zero-order valence-corrected chi connectivity index (χ0v) is 18.7. The lowest BCUT2D eigenvalue weighted by Crippen LogP contribution is -2.02. The molecule has 9 heteroatoms. The lowest BCUT2D eigenvalue weighted by molar-refractivity contribution is 0.411. The number of halogens is 3. The number of ether oxygens (including phenoxy) is 1. The van der Waals surface area contributed by atoms with E-state index in [1.54, 1.807) is 37.7 Å². The molecule has 0 bridgehead atoms. The third kappa shape index (κ3) is 5.76. The molecule has 3 rings (SSSR count). The van der Waals surface area contributed by atoms with Gasteiger partial charge in [-0.15, -0.1) is 0 Å². The molecule has 29 heavy (non-hydrogen) atoms. The Labute approximate surface area is 188 Å². The molecule has 5 nitrogen and oxygen atoms in total. The van der Waals surface area contributed by atoms with Crippen LogP contribution in [0.25, 0.3) is 0 Å². The van der Waals surface area contributed by atoms with E-state index in [0.717, 1.165) is 22.6 Å². The van der Waals surface area contributed by atoms with Crippen LogP contribution in [0.3, 0.4) is 0 Å². The predicted molar refractivity (Wildman–Crippen MR) is 122 cm³/mol. The summed E-state index contributed by atoms with van der Waals surface area (Å²) in [5.41, 5.74) is 6.13. The second-order valence-corrected chi connectivity index (χ2v) is 8.09. The molecule has 0 amide bonds. The molecule has 0 aliphatic heterocycles. The van der Waals surface area contributed by atoms with E-state index in [0.29, 0.717) is 31.7 Å². The topological polar surface area (TPSA) is 59.4 Å². The molecule has 0 aliphatic rings. The number of nitrogens with zero attached hydrogens (tertiary/aromatic N) is 3. The summed E-state index contributed by atoms with van der Waals surface area (Å²) in [6, 6.07) is 10.9. The van der Waals surface area contributed by atoms with E-state index in [9.17, 15) is 0 Å². The van der Waals surface area contributed by atoms with Crippen LogP contribution < -0.4 is 10.2 Å². The Hall–Kier alpha value is -1.99. The molecule has 0 unspecified atom stereocenters. The van der Waals surface area contributed by atoms with E-state index in [1.807, 2.05) is 25.1 Å². The fourth-order valence-corrected chi connectivity index (χ4v) is 4.15. The summed E-state index contributed by atoms with van der Waals surface area (Å²) in [5.74, 6) is 1.46. The van der Waals surface area contributed by atoms with Crippen LogP contribution in [0.2, 0.25) is 15.1 Å². The van der Waals surface area contributed by atoms with E-state index in [2.05, 4.69) is 20.5 Å². The fraction of sp³-hybridized carbons (Fsp3) is 0.150. The fourth-order valence-electron chi connectivity index (χ4n) is 2.47. The van der Waals surface area contributed by atoms with E-state index >= 15 is 0 Å². The minimum atomic E-state index is 0.397. The average Bonchev–Trinajstić information content (AvgIpc) is 2.71. The molecule has 3 aromatic rings. The van der Waals surface area contributed by atoms with Crippen LogP contribution in [0.5, 0.6) is 5.75 Å². The van der Waals surface area contributed by atoms with Gasteiger partial charge in [0.25, 0.3) is 0 Å². The molecule has 1 heterocycles. The first-order valence-corrected chi connectivity index (χ1v) is 10.6. The molecule has 150 valence electrons. The molecule has 0 aliphatic carbocycles. The molecular weight excluding hydrogens is 451 g/mol. The monoisotopic (exact) mass is 466 g/mol. The molecule has 0 radical (unpaired) electrons. The molecule has 0 saturated heterocycles. The summed E-state index contributed by atoms with van der Waals surface area (Å²) in [7, 11) is 1.65. The van der Waals surface area contributed by atoms with Gasteiger partial charge in [0.05, 0.1) is 28.6 Å². The maximum atomic E-state index is 6.20. The second-order valence-electron chi connectivity index (χ2n) is 5.90. The lowest BCUT2D eigenvalue weighted by Gasteiger charge is -2.11. The van der Waals surface area contributed by atoms with Gasteiger partial charge in [0.15, 0.2) is 5.16 Å². The third-order valence-corrected chi connectivity index (χ3v) is 5.68. The molecule has 0 spiro atoms. The zero-order chi connectivity index (χ0) is 20.8. The Balaban J connectivity index is 1.80. The summed E-state index contributed by atoms with van der Waals surface area (Å²) >= 11 is 19.9. The van der Waals surface area contributed by atoms with E-state index in [1.165, 1.54) is 11.8 Å². The number of anilines is 1. The molecular formula is C20H17Cl3N4OS. The highest BCUT2D eigenvalue weighted by Gasteiger charge is 2.10. The highest BCUT2D eigenvalue weighted by atomic mass is 35.5. The molecule has 1 aromatic heterocycles. The number of methoxy groups -OCH3 is 1. The zero-order valence-electron chi connectivity index (χ0n) is 15.6. The number of nitrogens with one attached hydrogen (secondary N) is 1. The van der Waals surface area contributed by atoms with Crippen molar-refractivity contribution in [3.05, 3.63) is 75.0 Å². The lowest BCUT2D eigenvalue weighted by atomic mass is 10.1. The van der Waals surface area contributed by atoms with Crippen molar-refractivity contribution < 1.29 is 4.74 Å². The first kappa shape index (κ1) is 21.7. The smallest absolute Gasteiger partial charge is 0.187 e. The van der Waals surface area contributed by atoms with Crippen LogP contribution >= 0.6 is 46.6 Å². The Bertz CT molecular complexity index is 1010. The summed E-state index contributed by atoms with van der Waals surface area (Å²) in [6.07, 6.45) is 3.44. The van der Waals surface area contributed by atoms with E-state index in [-0.39, 0.29) is 0 Å². The third-order valence-electron chi connectivity index (χ3n) is 3.94. The maximum Gasteiger partial charge on any atom is 0.187 e. The Morgan fingerprint density at radius 3 is 2.45 bits per heavy atom. The number of hydrogen-bond donors (Lipinski definition) is 1. The van der Waals surface area contributed by atoms with E-state index < -0.39 is 0 Å². The van der Waals surface area contributed by atoms with Crippen molar-refractivity contribution in [2.45, 2.75) is 17.8 Å². The van der Waals surface area contributed by atoms with Crippen LogP contribution in [0.4, 0.5) is 5.69 Å². The van der Waals surface area contributed by atoms with Crippen LogP contribution in [-0.2, 0) is 5.75 Å². The van der Waals surface area contributed by atoms with Crippen molar-refractivity contribution in [1.29, 1.82) is 0 Å². The van der Waals surface area contributed by atoms with Gasteiger partial charge >= 0.3 is 0 Å².